The van der Waals surface area contributed by atoms with Crippen LogP contribution in [0.5, 0.6) is 5.75 Å². The van der Waals surface area contributed by atoms with Crippen molar-refractivity contribution in [2.45, 2.75) is 6.92 Å². The predicted molar refractivity (Wildman–Crippen MR) is 114 cm³/mol. The minimum Gasteiger partial charge on any atom is -0.495 e. The zero-order valence-corrected chi connectivity index (χ0v) is 16.2. The second-order valence-electron chi connectivity index (χ2n) is 6.72. The summed E-state index contributed by atoms with van der Waals surface area (Å²) < 4.78 is 5.39. The maximum Gasteiger partial charge on any atom is 0.282 e. The lowest BCUT2D eigenvalue weighted by atomic mass is 10.0. The lowest BCUT2D eigenvalue weighted by Crippen LogP contribution is -2.32. The first-order valence-electron chi connectivity index (χ1n) is 9.25. The van der Waals surface area contributed by atoms with Crippen molar-refractivity contribution in [1.82, 2.24) is 0 Å². The van der Waals surface area contributed by atoms with Gasteiger partial charge in [0.15, 0.2) is 0 Å². The topological polar surface area (TPSA) is 58.6 Å². The highest BCUT2D eigenvalue weighted by Crippen LogP contribution is 2.35. The first-order valence-corrected chi connectivity index (χ1v) is 9.25. The maximum atomic E-state index is 13.3. The van der Waals surface area contributed by atoms with Crippen LogP contribution in [0.15, 0.2) is 84.6 Å². The SMILES string of the molecule is COc1ccccc1NC1=C(c2ccccc2)C(=O)N(c2ccc(C)cc2)C1=O. The lowest BCUT2D eigenvalue weighted by Gasteiger charge is -2.16. The first-order chi connectivity index (χ1) is 14.1. The van der Waals surface area contributed by atoms with Crippen LogP contribution in [0.2, 0.25) is 0 Å². The molecule has 2 amide bonds. The van der Waals surface area contributed by atoms with Gasteiger partial charge in [-0.25, -0.2) is 4.90 Å². The number of hydrogen-bond acceptors (Lipinski definition) is 4. The van der Waals surface area contributed by atoms with Gasteiger partial charge in [-0.1, -0.05) is 60.2 Å². The molecular weight excluding hydrogens is 364 g/mol. The van der Waals surface area contributed by atoms with Crippen molar-refractivity contribution in [2.24, 2.45) is 0 Å². The number of nitrogens with zero attached hydrogens (tertiary/aromatic N) is 1. The van der Waals surface area contributed by atoms with E-state index in [4.69, 9.17) is 4.74 Å². The Morgan fingerprint density at radius 2 is 1.45 bits per heavy atom. The second-order valence-corrected chi connectivity index (χ2v) is 6.72. The number of anilines is 2. The number of hydrogen-bond donors (Lipinski definition) is 1. The van der Waals surface area contributed by atoms with E-state index >= 15 is 0 Å². The van der Waals surface area contributed by atoms with Crippen LogP contribution in [0, 0.1) is 6.92 Å². The van der Waals surface area contributed by atoms with Gasteiger partial charge in [0, 0.05) is 0 Å². The van der Waals surface area contributed by atoms with E-state index in [0.717, 1.165) is 5.56 Å². The molecule has 0 spiro atoms. The summed E-state index contributed by atoms with van der Waals surface area (Å²) in [7, 11) is 1.56. The molecule has 5 nitrogen and oxygen atoms in total. The van der Waals surface area contributed by atoms with Crippen molar-refractivity contribution in [3.05, 3.63) is 95.7 Å². The summed E-state index contributed by atoms with van der Waals surface area (Å²) in [5, 5.41) is 3.14. The summed E-state index contributed by atoms with van der Waals surface area (Å²) in [4.78, 5) is 27.9. The van der Waals surface area contributed by atoms with E-state index in [-0.39, 0.29) is 11.6 Å². The number of carbonyl (C=O) groups is 2. The molecule has 0 saturated heterocycles. The number of ether oxygens (including phenoxy) is 1. The molecule has 0 radical (unpaired) electrons. The molecule has 1 N–H and O–H groups in total. The molecule has 3 aromatic rings. The summed E-state index contributed by atoms with van der Waals surface area (Å²) in [5.41, 5.74) is 3.45. The van der Waals surface area contributed by atoms with E-state index < -0.39 is 5.91 Å². The molecular formula is C24H20N2O3. The van der Waals surface area contributed by atoms with Crippen LogP contribution in [0.1, 0.15) is 11.1 Å². The van der Waals surface area contributed by atoms with Crippen LogP contribution < -0.4 is 15.0 Å². The van der Waals surface area contributed by atoms with E-state index in [1.54, 1.807) is 31.4 Å². The zero-order chi connectivity index (χ0) is 20.4. The molecule has 1 aliphatic rings. The molecule has 0 aliphatic carbocycles. The van der Waals surface area contributed by atoms with Crippen molar-refractivity contribution in [3.8, 4) is 5.75 Å². The Kier molecular flexibility index (Phi) is 4.87. The molecule has 1 aliphatic heterocycles. The van der Waals surface area contributed by atoms with Crippen LogP contribution in [-0.4, -0.2) is 18.9 Å². The number of aryl methyl sites for hydroxylation is 1. The number of para-hydroxylation sites is 2. The number of carbonyl (C=O) groups excluding carboxylic acids is 2. The van der Waals surface area contributed by atoms with Gasteiger partial charge in [0.1, 0.15) is 11.4 Å². The molecule has 0 aromatic heterocycles. The third kappa shape index (κ3) is 3.38. The largest absolute Gasteiger partial charge is 0.495 e. The van der Waals surface area contributed by atoms with Gasteiger partial charge in [0.25, 0.3) is 11.8 Å². The third-order valence-electron chi connectivity index (χ3n) is 4.81. The third-order valence-corrected chi connectivity index (χ3v) is 4.81. The highest BCUT2D eigenvalue weighted by Gasteiger charge is 2.40. The summed E-state index contributed by atoms with van der Waals surface area (Å²) >= 11 is 0. The normalized spacial score (nSPS) is 13.8. The number of nitrogens with one attached hydrogen (secondary N) is 1. The van der Waals surface area contributed by atoms with Crippen LogP contribution >= 0.6 is 0 Å². The van der Waals surface area contributed by atoms with Gasteiger partial charge in [-0.2, -0.15) is 0 Å². The molecule has 0 atom stereocenters. The quantitative estimate of drug-likeness (QED) is 0.663. The van der Waals surface area contributed by atoms with E-state index in [0.29, 0.717) is 28.3 Å². The number of rotatable bonds is 5. The van der Waals surface area contributed by atoms with Crippen molar-refractivity contribution in [1.29, 1.82) is 0 Å². The van der Waals surface area contributed by atoms with E-state index in [1.807, 2.05) is 61.5 Å². The van der Waals surface area contributed by atoms with Crippen LogP contribution in [0.3, 0.4) is 0 Å². The zero-order valence-electron chi connectivity index (χ0n) is 16.2. The first kappa shape index (κ1) is 18.5. The minimum atomic E-state index is -0.399. The monoisotopic (exact) mass is 384 g/mol. The highest BCUT2D eigenvalue weighted by atomic mass is 16.5. The molecule has 1 heterocycles. The van der Waals surface area contributed by atoms with Crippen molar-refractivity contribution >= 4 is 28.8 Å². The summed E-state index contributed by atoms with van der Waals surface area (Å²) in [6.07, 6.45) is 0. The van der Waals surface area contributed by atoms with Gasteiger partial charge < -0.3 is 10.1 Å². The van der Waals surface area contributed by atoms with Gasteiger partial charge in [0.2, 0.25) is 0 Å². The standard InChI is InChI=1S/C24H20N2O3/c1-16-12-14-18(15-13-16)26-23(27)21(17-8-4-3-5-9-17)22(24(26)28)25-19-10-6-7-11-20(19)29-2/h3-15,25H,1-2H3. The van der Waals surface area contributed by atoms with E-state index in [2.05, 4.69) is 5.32 Å². The number of imide groups is 1. The summed E-state index contributed by atoms with van der Waals surface area (Å²) in [6.45, 7) is 1.96. The molecule has 29 heavy (non-hydrogen) atoms. The Balaban J connectivity index is 1.83. The van der Waals surface area contributed by atoms with Crippen molar-refractivity contribution in [2.75, 3.05) is 17.3 Å². The Morgan fingerprint density at radius 1 is 0.793 bits per heavy atom. The molecule has 0 fully saturated rings. The van der Waals surface area contributed by atoms with Crippen molar-refractivity contribution in [3.63, 3.8) is 0 Å². The molecule has 144 valence electrons. The molecule has 3 aromatic carbocycles. The average molecular weight is 384 g/mol. The van der Waals surface area contributed by atoms with Crippen molar-refractivity contribution < 1.29 is 14.3 Å². The fourth-order valence-corrected chi connectivity index (χ4v) is 3.33. The second kappa shape index (κ2) is 7.64. The van der Waals surface area contributed by atoms with E-state index in [1.165, 1.54) is 4.90 Å². The minimum absolute atomic E-state index is 0.228. The van der Waals surface area contributed by atoms with Gasteiger partial charge in [0.05, 0.1) is 24.1 Å². The highest BCUT2D eigenvalue weighted by molar-refractivity contribution is 6.46. The lowest BCUT2D eigenvalue weighted by molar-refractivity contribution is -0.120. The van der Waals surface area contributed by atoms with Gasteiger partial charge in [-0.05, 0) is 36.8 Å². The average Bonchev–Trinajstić information content (AvgIpc) is 2.99. The molecule has 0 bridgehead atoms. The number of benzene rings is 3. The molecule has 0 saturated carbocycles. The van der Waals surface area contributed by atoms with Crippen LogP contribution in [0.4, 0.5) is 11.4 Å². The van der Waals surface area contributed by atoms with E-state index in [9.17, 15) is 9.59 Å². The molecule has 5 heteroatoms. The Labute approximate surface area is 169 Å². The smallest absolute Gasteiger partial charge is 0.282 e. The molecule has 0 unspecified atom stereocenters. The fourth-order valence-electron chi connectivity index (χ4n) is 3.33. The van der Waals surface area contributed by atoms with Crippen LogP contribution in [-0.2, 0) is 9.59 Å². The molecule has 4 rings (SSSR count). The maximum absolute atomic E-state index is 13.3. The number of amides is 2. The predicted octanol–water partition coefficient (Wildman–Crippen LogP) is 4.40. The van der Waals surface area contributed by atoms with Gasteiger partial charge >= 0.3 is 0 Å². The van der Waals surface area contributed by atoms with Gasteiger partial charge in [-0.15, -0.1) is 0 Å². The number of methoxy groups -OCH3 is 1. The Bertz CT molecular complexity index is 1100. The fraction of sp³-hybridized carbons (Fsp3) is 0.0833. The van der Waals surface area contributed by atoms with Gasteiger partial charge in [-0.3, -0.25) is 9.59 Å². The Morgan fingerprint density at radius 3 is 2.14 bits per heavy atom. The summed E-state index contributed by atoms with van der Waals surface area (Å²) in [5.74, 6) is -0.174. The summed E-state index contributed by atoms with van der Waals surface area (Å²) in [6, 6.07) is 23.8. The Hall–Kier alpha value is -3.86. The van der Waals surface area contributed by atoms with Crippen LogP contribution in [0.25, 0.3) is 5.57 Å².